The number of benzene rings is 1. The molecule has 0 aliphatic carbocycles. The molecule has 25 heavy (non-hydrogen) atoms. The molecule has 6 nitrogen and oxygen atoms in total. The van der Waals surface area contributed by atoms with Gasteiger partial charge < -0.3 is 9.64 Å². The first-order chi connectivity index (χ1) is 11.9. The largest absolute Gasteiger partial charge is 0.368 e. The van der Waals surface area contributed by atoms with Gasteiger partial charge in [-0.05, 0) is 37.5 Å². The van der Waals surface area contributed by atoms with Gasteiger partial charge in [0.15, 0.2) is 11.6 Å². The number of carbonyl (C=O) groups excluding carboxylic acids is 1. The minimum atomic E-state index is -3.94. The molecule has 0 bridgehead atoms. The predicted octanol–water partition coefficient (Wildman–Crippen LogP) is 1.37. The summed E-state index contributed by atoms with van der Waals surface area (Å²) in [6.07, 6.45) is 1.57. The maximum Gasteiger partial charge on any atom is 0.251 e. The van der Waals surface area contributed by atoms with Gasteiger partial charge in [0.05, 0.1) is 4.90 Å². The molecule has 2 saturated heterocycles. The summed E-state index contributed by atoms with van der Waals surface area (Å²) in [5.41, 5.74) is 0. The fourth-order valence-corrected chi connectivity index (χ4v) is 4.60. The third-order valence-electron chi connectivity index (χ3n) is 4.50. The number of ether oxygens (including phenoxy) is 1. The number of amides is 1. The summed E-state index contributed by atoms with van der Waals surface area (Å²) in [5, 5.41) is 0. The van der Waals surface area contributed by atoms with Crippen LogP contribution < -0.4 is 0 Å². The summed E-state index contributed by atoms with van der Waals surface area (Å²) in [6.45, 7) is 1.60. The van der Waals surface area contributed by atoms with E-state index in [4.69, 9.17) is 4.74 Å². The summed E-state index contributed by atoms with van der Waals surface area (Å²) in [5.74, 6) is -2.40. The van der Waals surface area contributed by atoms with Crippen LogP contribution in [-0.4, -0.2) is 62.4 Å². The lowest BCUT2D eigenvalue weighted by atomic mass is 10.2. The van der Waals surface area contributed by atoms with Gasteiger partial charge in [0.1, 0.15) is 6.10 Å². The second-order valence-electron chi connectivity index (χ2n) is 6.16. The molecule has 2 fully saturated rings. The highest BCUT2D eigenvalue weighted by Gasteiger charge is 2.32. The van der Waals surface area contributed by atoms with Crippen molar-refractivity contribution in [3.05, 3.63) is 29.8 Å². The van der Waals surface area contributed by atoms with Crippen LogP contribution in [0.25, 0.3) is 0 Å². The van der Waals surface area contributed by atoms with Crippen LogP contribution in [0.4, 0.5) is 8.78 Å². The Morgan fingerprint density at radius 3 is 2.56 bits per heavy atom. The molecule has 0 N–H and O–H groups in total. The zero-order valence-electron chi connectivity index (χ0n) is 13.7. The number of sulfonamides is 1. The van der Waals surface area contributed by atoms with Gasteiger partial charge in [-0.25, -0.2) is 17.2 Å². The molecule has 138 valence electrons. The van der Waals surface area contributed by atoms with Crippen LogP contribution in [-0.2, 0) is 19.6 Å². The number of rotatable bonds is 3. The first kappa shape index (κ1) is 18.2. The summed E-state index contributed by atoms with van der Waals surface area (Å²) in [7, 11) is -3.94. The topological polar surface area (TPSA) is 66.9 Å². The average molecular weight is 374 g/mol. The highest BCUT2D eigenvalue weighted by molar-refractivity contribution is 7.89. The van der Waals surface area contributed by atoms with Crippen LogP contribution in [0.5, 0.6) is 0 Å². The van der Waals surface area contributed by atoms with Gasteiger partial charge in [0.25, 0.3) is 5.91 Å². The molecule has 0 saturated carbocycles. The highest BCUT2D eigenvalue weighted by atomic mass is 32.2. The number of carbonyl (C=O) groups is 1. The number of hydrogen-bond acceptors (Lipinski definition) is 4. The third-order valence-corrected chi connectivity index (χ3v) is 6.40. The van der Waals surface area contributed by atoms with E-state index >= 15 is 0 Å². The van der Waals surface area contributed by atoms with Gasteiger partial charge in [0, 0.05) is 32.8 Å². The van der Waals surface area contributed by atoms with Gasteiger partial charge in [-0.15, -0.1) is 0 Å². The van der Waals surface area contributed by atoms with E-state index in [2.05, 4.69) is 0 Å². The molecular weight excluding hydrogens is 354 g/mol. The van der Waals surface area contributed by atoms with Crippen molar-refractivity contribution in [3.63, 3.8) is 0 Å². The fourth-order valence-electron chi connectivity index (χ4n) is 3.12. The van der Waals surface area contributed by atoms with Crippen molar-refractivity contribution in [1.29, 1.82) is 0 Å². The Morgan fingerprint density at radius 2 is 1.88 bits per heavy atom. The smallest absolute Gasteiger partial charge is 0.251 e. The summed E-state index contributed by atoms with van der Waals surface area (Å²) < 4.78 is 58.3. The van der Waals surface area contributed by atoms with E-state index in [1.54, 1.807) is 4.90 Å². The monoisotopic (exact) mass is 374 g/mol. The lowest BCUT2D eigenvalue weighted by Gasteiger charge is -2.24. The van der Waals surface area contributed by atoms with Crippen molar-refractivity contribution in [2.75, 3.05) is 32.8 Å². The van der Waals surface area contributed by atoms with Crippen molar-refractivity contribution in [3.8, 4) is 0 Å². The van der Waals surface area contributed by atoms with Gasteiger partial charge >= 0.3 is 0 Å². The molecule has 2 heterocycles. The molecule has 9 heteroatoms. The SMILES string of the molecule is O=C(C1CCCO1)N1CCCN(S(=O)(=O)c2ccc(F)c(F)c2)CC1. The zero-order chi connectivity index (χ0) is 18.0. The summed E-state index contributed by atoms with van der Waals surface area (Å²) in [4.78, 5) is 13.7. The molecule has 1 amide bonds. The van der Waals surface area contributed by atoms with E-state index in [0.29, 0.717) is 32.1 Å². The van der Waals surface area contributed by atoms with E-state index in [-0.39, 0.29) is 30.4 Å². The standard InChI is InChI=1S/C16H20F2N2O4S/c17-13-5-4-12(11-14(13)18)25(22,23)20-7-2-6-19(8-9-20)16(21)15-3-1-10-24-15/h4-5,11,15H,1-3,6-10H2. The average Bonchev–Trinajstić information content (AvgIpc) is 3.00. The minimum Gasteiger partial charge on any atom is -0.368 e. The number of halogens is 2. The molecule has 1 aromatic carbocycles. The van der Waals surface area contributed by atoms with Crippen molar-refractivity contribution in [2.24, 2.45) is 0 Å². The van der Waals surface area contributed by atoms with Crippen LogP contribution >= 0.6 is 0 Å². The van der Waals surface area contributed by atoms with Crippen molar-refractivity contribution in [2.45, 2.75) is 30.3 Å². The molecule has 1 atom stereocenters. The maximum atomic E-state index is 13.4. The Balaban J connectivity index is 1.71. The van der Waals surface area contributed by atoms with Crippen molar-refractivity contribution in [1.82, 2.24) is 9.21 Å². The van der Waals surface area contributed by atoms with Crippen LogP contribution in [0.2, 0.25) is 0 Å². The zero-order valence-corrected chi connectivity index (χ0v) is 14.5. The van der Waals surface area contributed by atoms with E-state index < -0.39 is 27.8 Å². The molecule has 1 aromatic rings. The van der Waals surface area contributed by atoms with Gasteiger partial charge in [0.2, 0.25) is 10.0 Å². The summed E-state index contributed by atoms with van der Waals surface area (Å²) >= 11 is 0. The number of nitrogens with zero attached hydrogens (tertiary/aromatic N) is 2. The van der Waals surface area contributed by atoms with Crippen molar-refractivity contribution < 1.29 is 26.7 Å². The molecular formula is C16H20F2N2O4S. The highest BCUT2D eigenvalue weighted by Crippen LogP contribution is 2.21. The molecule has 2 aliphatic heterocycles. The van der Waals surface area contributed by atoms with Gasteiger partial charge in [-0.3, -0.25) is 4.79 Å². The van der Waals surface area contributed by atoms with E-state index in [0.717, 1.165) is 18.6 Å². The van der Waals surface area contributed by atoms with E-state index in [1.165, 1.54) is 4.31 Å². The second-order valence-corrected chi connectivity index (χ2v) is 8.10. The van der Waals surface area contributed by atoms with Crippen molar-refractivity contribution >= 4 is 15.9 Å². The summed E-state index contributed by atoms with van der Waals surface area (Å²) in [6, 6.07) is 2.53. The molecule has 0 aromatic heterocycles. The maximum absolute atomic E-state index is 13.4. The molecule has 1 unspecified atom stereocenters. The molecule has 3 rings (SSSR count). The normalized spacial score (nSPS) is 22.8. The Bertz CT molecular complexity index is 751. The lowest BCUT2D eigenvalue weighted by molar-refractivity contribution is -0.140. The Morgan fingerprint density at radius 1 is 1.08 bits per heavy atom. The van der Waals surface area contributed by atoms with E-state index in [9.17, 15) is 22.0 Å². The Labute approximate surface area is 145 Å². The minimum absolute atomic E-state index is 0.107. The second kappa shape index (κ2) is 7.35. The third kappa shape index (κ3) is 3.83. The first-order valence-corrected chi connectivity index (χ1v) is 9.69. The molecule has 2 aliphatic rings. The molecule has 0 spiro atoms. The number of hydrogen-bond donors (Lipinski definition) is 0. The van der Waals surface area contributed by atoms with E-state index in [1.807, 2.05) is 0 Å². The quantitative estimate of drug-likeness (QED) is 0.802. The van der Waals surface area contributed by atoms with Gasteiger partial charge in [-0.2, -0.15) is 4.31 Å². The van der Waals surface area contributed by atoms with Gasteiger partial charge in [-0.1, -0.05) is 0 Å². The Hall–Kier alpha value is -1.58. The van der Waals surface area contributed by atoms with Crippen LogP contribution in [0.15, 0.2) is 23.1 Å². The first-order valence-electron chi connectivity index (χ1n) is 8.25. The predicted molar refractivity (Wildman–Crippen MR) is 85.3 cm³/mol. The van der Waals surface area contributed by atoms with Crippen LogP contribution in [0.3, 0.4) is 0 Å². The lowest BCUT2D eigenvalue weighted by Crippen LogP contribution is -2.41. The fraction of sp³-hybridized carbons (Fsp3) is 0.562. The molecule has 0 radical (unpaired) electrons. The Kier molecular flexibility index (Phi) is 5.35. The van der Waals surface area contributed by atoms with Crippen LogP contribution in [0, 0.1) is 11.6 Å². The van der Waals surface area contributed by atoms with Crippen LogP contribution in [0.1, 0.15) is 19.3 Å².